The highest BCUT2D eigenvalue weighted by molar-refractivity contribution is 7.92. The van der Waals surface area contributed by atoms with Gasteiger partial charge >= 0.3 is 0 Å². The highest BCUT2D eigenvalue weighted by atomic mass is 32.2. The quantitative estimate of drug-likeness (QED) is 0.826. The molecule has 0 bridgehead atoms. The summed E-state index contributed by atoms with van der Waals surface area (Å²) >= 11 is 0. The molecule has 1 aromatic carbocycles. The summed E-state index contributed by atoms with van der Waals surface area (Å²) in [6.45, 7) is 0. The van der Waals surface area contributed by atoms with Crippen molar-refractivity contribution in [3.8, 4) is 0 Å². The second-order valence-corrected chi connectivity index (χ2v) is 6.19. The molecule has 0 amide bonds. The van der Waals surface area contributed by atoms with E-state index in [9.17, 15) is 17.2 Å². The van der Waals surface area contributed by atoms with Gasteiger partial charge in [0.15, 0.2) is 5.82 Å². The smallest absolute Gasteiger partial charge is 0.233 e. The fourth-order valence-corrected chi connectivity index (χ4v) is 2.80. The number of halogens is 2. The van der Waals surface area contributed by atoms with E-state index in [1.165, 1.54) is 0 Å². The van der Waals surface area contributed by atoms with E-state index in [1.54, 1.807) is 24.4 Å². The topological polar surface area (TPSA) is 85.1 Å². The van der Waals surface area contributed by atoms with E-state index >= 15 is 0 Å². The number of benzene rings is 1. The minimum Gasteiger partial charge on any atom is -0.397 e. The molecule has 112 valence electrons. The lowest BCUT2D eigenvalue weighted by atomic mass is 10.2. The zero-order valence-electron chi connectivity index (χ0n) is 10.9. The van der Waals surface area contributed by atoms with E-state index in [-0.39, 0.29) is 17.9 Å². The third kappa shape index (κ3) is 4.12. The number of pyridine rings is 1. The Labute approximate surface area is 120 Å². The summed E-state index contributed by atoms with van der Waals surface area (Å²) in [5, 5.41) is 0. The van der Waals surface area contributed by atoms with Crippen LogP contribution in [0.5, 0.6) is 0 Å². The molecule has 0 atom stereocenters. The third-order valence-electron chi connectivity index (χ3n) is 2.70. The summed E-state index contributed by atoms with van der Waals surface area (Å²) in [4.78, 5) is 3.99. The van der Waals surface area contributed by atoms with E-state index in [1.807, 2.05) is 4.72 Å². The summed E-state index contributed by atoms with van der Waals surface area (Å²) in [6.07, 6.45) is 1.71. The van der Waals surface area contributed by atoms with E-state index in [4.69, 9.17) is 5.73 Å². The predicted octanol–water partition coefficient (Wildman–Crippen LogP) is 1.93. The number of hydrogen-bond donors (Lipinski definition) is 2. The van der Waals surface area contributed by atoms with Gasteiger partial charge in [-0.05, 0) is 18.2 Å². The Bertz CT molecular complexity index is 713. The van der Waals surface area contributed by atoms with Crippen LogP contribution in [0.4, 0.5) is 20.2 Å². The third-order valence-corrected chi connectivity index (χ3v) is 3.95. The Hall–Kier alpha value is -2.22. The largest absolute Gasteiger partial charge is 0.397 e. The van der Waals surface area contributed by atoms with Crippen molar-refractivity contribution >= 4 is 21.4 Å². The van der Waals surface area contributed by atoms with Crippen molar-refractivity contribution in [1.29, 1.82) is 0 Å². The van der Waals surface area contributed by atoms with Crippen molar-refractivity contribution in [3.63, 3.8) is 0 Å². The van der Waals surface area contributed by atoms with Gasteiger partial charge in [0.1, 0.15) is 11.5 Å². The van der Waals surface area contributed by atoms with Gasteiger partial charge in [0.2, 0.25) is 10.0 Å². The van der Waals surface area contributed by atoms with Crippen LogP contribution in [0, 0.1) is 11.6 Å². The molecule has 0 spiro atoms. The molecule has 2 aromatic rings. The molecule has 8 heteroatoms. The Morgan fingerprint density at radius 1 is 1.24 bits per heavy atom. The average molecular weight is 313 g/mol. The van der Waals surface area contributed by atoms with Gasteiger partial charge in [-0.2, -0.15) is 0 Å². The number of nitrogen functional groups attached to an aromatic ring is 1. The molecule has 2 rings (SSSR count). The van der Waals surface area contributed by atoms with Gasteiger partial charge in [-0.3, -0.25) is 9.71 Å². The number of sulfonamides is 1. The predicted molar refractivity (Wildman–Crippen MR) is 76.1 cm³/mol. The molecule has 0 radical (unpaired) electrons. The summed E-state index contributed by atoms with van der Waals surface area (Å²) in [6, 6.07) is 6.54. The first-order valence-electron chi connectivity index (χ1n) is 6.02. The number of hydrogen-bond acceptors (Lipinski definition) is 4. The monoisotopic (exact) mass is 313 g/mol. The first kappa shape index (κ1) is 15.2. The second kappa shape index (κ2) is 6.04. The summed E-state index contributed by atoms with van der Waals surface area (Å²) in [5.74, 6) is -2.23. The SMILES string of the molecule is Nc1cc(F)cc(F)c1NS(=O)(=O)CCc1ccccn1. The van der Waals surface area contributed by atoms with E-state index < -0.39 is 27.3 Å². The Kier molecular flexibility index (Phi) is 4.37. The molecule has 1 heterocycles. The minimum absolute atomic E-state index is 0.166. The lowest BCUT2D eigenvalue weighted by molar-refractivity contribution is 0.583. The van der Waals surface area contributed by atoms with Gasteiger partial charge in [-0.1, -0.05) is 6.07 Å². The van der Waals surface area contributed by atoms with Crippen LogP contribution >= 0.6 is 0 Å². The lowest BCUT2D eigenvalue weighted by Crippen LogP contribution is -2.20. The molecule has 0 fully saturated rings. The summed E-state index contributed by atoms with van der Waals surface area (Å²) in [7, 11) is -3.82. The van der Waals surface area contributed by atoms with Crippen molar-refractivity contribution in [2.24, 2.45) is 0 Å². The van der Waals surface area contributed by atoms with E-state index in [0.717, 1.165) is 6.07 Å². The van der Waals surface area contributed by atoms with Gasteiger partial charge in [0.25, 0.3) is 0 Å². The maximum atomic E-state index is 13.5. The van der Waals surface area contributed by atoms with Crippen molar-refractivity contribution in [3.05, 3.63) is 53.9 Å². The second-order valence-electron chi connectivity index (χ2n) is 4.34. The molecule has 0 saturated carbocycles. The zero-order chi connectivity index (χ0) is 15.5. The molecule has 5 nitrogen and oxygen atoms in total. The molecular formula is C13H13F2N3O2S. The molecule has 0 saturated heterocycles. The number of nitrogens with one attached hydrogen (secondary N) is 1. The minimum atomic E-state index is -3.82. The summed E-state index contributed by atoms with van der Waals surface area (Å²) < 4.78 is 52.3. The fraction of sp³-hybridized carbons (Fsp3) is 0.154. The zero-order valence-corrected chi connectivity index (χ0v) is 11.7. The van der Waals surface area contributed by atoms with Crippen LogP contribution in [-0.2, 0) is 16.4 Å². The molecule has 1 aromatic heterocycles. The molecule has 0 aliphatic rings. The molecule has 0 unspecified atom stereocenters. The van der Waals surface area contributed by atoms with Crippen molar-refractivity contribution < 1.29 is 17.2 Å². The van der Waals surface area contributed by atoms with Gasteiger partial charge < -0.3 is 5.73 Å². The standard InChI is InChI=1S/C13H13F2N3O2S/c14-9-7-11(15)13(12(16)8-9)18-21(19,20)6-4-10-3-1-2-5-17-10/h1-3,5,7-8,18H,4,6,16H2. The van der Waals surface area contributed by atoms with E-state index in [0.29, 0.717) is 11.8 Å². The molecule has 0 aliphatic heterocycles. The van der Waals surface area contributed by atoms with Gasteiger partial charge in [0, 0.05) is 24.4 Å². The van der Waals surface area contributed by atoms with Crippen LogP contribution in [0.25, 0.3) is 0 Å². The molecule has 0 aliphatic carbocycles. The first-order valence-corrected chi connectivity index (χ1v) is 7.67. The van der Waals surface area contributed by atoms with E-state index in [2.05, 4.69) is 4.98 Å². The van der Waals surface area contributed by atoms with Crippen molar-refractivity contribution in [2.75, 3.05) is 16.2 Å². The highest BCUT2D eigenvalue weighted by Gasteiger charge is 2.17. The van der Waals surface area contributed by atoms with Gasteiger partial charge in [-0.25, -0.2) is 17.2 Å². The van der Waals surface area contributed by atoms with Crippen LogP contribution in [0.2, 0.25) is 0 Å². The Balaban J connectivity index is 2.11. The maximum Gasteiger partial charge on any atom is 0.233 e. The van der Waals surface area contributed by atoms with Crippen molar-refractivity contribution in [1.82, 2.24) is 4.98 Å². The number of anilines is 2. The number of rotatable bonds is 5. The first-order chi connectivity index (χ1) is 9.87. The molecule has 21 heavy (non-hydrogen) atoms. The Morgan fingerprint density at radius 2 is 2.00 bits per heavy atom. The van der Waals surface area contributed by atoms with Crippen LogP contribution in [-0.4, -0.2) is 19.2 Å². The van der Waals surface area contributed by atoms with Gasteiger partial charge in [-0.15, -0.1) is 0 Å². The fourth-order valence-electron chi connectivity index (χ4n) is 1.69. The van der Waals surface area contributed by atoms with Crippen LogP contribution in [0.15, 0.2) is 36.5 Å². The number of aryl methyl sites for hydroxylation is 1. The van der Waals surface area contributed by atoms with Crippen LogP contribution < -0.4 is 10.5 Å². The Morgan fingerprint density at radius 3 is 2.62 bits per heavy atom. The molecular weight excluding hydrogens is 300 g/mol. The van der Waals surface area contributed by atoms with Crippen LogP contribution in [0.1, 0.15) is 5.69 Å². The number of aromatic nitrogens is 1. The maximum absolute atomic E-state index is 13.5. The average Bonchev–Trinajstić information content (AvgIpc) is 2.42. The number of nitrogens with two attached hydrogens (primary N) is 1. The van der Waals surface area contributed by atoms with Gasteiger partial charge in [0.05, 0.1) is 11.4 Å². The highest BCUT2D eigenvalue weighted by Crippen LogP contribution is 2.25. The number of nitrogens with zero attached hydrogens (tertiary/aromatic N) is 1. The molecule has 3 N–H and O–H groups in total. The van der Waals surface area contributed by atoms with Crippen LogP contribution in [0.3, 0.4) is 0 Å². The summed E-state index contributed by atoms with van der Waals surface area (Å²) in [5.41, 5.74) is 5.25. The van der Waals surface area contributed by atoms with Crippen molar-refractivity contribution in [2.45, 2.75) is 6.42 Å². The normalized spacial score (nSPS) is 11.3. The lowest BCUT2D eigenvalue weighted by Gasteiger charge is -2.11.